The van der Waals surface area contributed by atoms with Crippen LogP contribution >= 0.6 is 0 Å². The number of allylic oxidation sites excluding steroid dienone is 2. The number of carbonyl (C=O) groups excluding carboxylic acids is 2. The van der Waals surface area contributed by atoms with Crippen molar-refractivity contribution >= 4 is 11.7 Å². The Labute approximate surface area is 231 Å². The fraction of sp³-hybridized carbons (Fsp3) is 0.879. The normalized spacial score (nSPS) is 49.8. The number of hydrogen-bond acceptors (Lipinski definition) is 4. The molecule has 4 fully saturated rings. The van der Waals surface area contributed by atoms with Crippen LogP contribution in [0.1, 0.15) is 120 Å². The molecule has 0 aliphatic heterocycles. The molecule has 9 atom stereocenters. The molecule has 5 nitrogen and oxygen atoms in total. The Morgan fingerprint density at radius 1 is 0.974 bits per heavy atom. The van der Waals surface area contributed by atoms with Crippen molar-refractivity contribution in [2.45, 2.75) is 132 Å². The van der Waals surface area contributed by atoms with Gasteiger partial charge in [0.25, 0.3) is 0 Å². The molecule has 5 heteroatoms. The van der Waals surface area contributed by atoms with E-state index in [0.29, 0.717) is 11.7 Å². The Balaban J connectivity index is 1.54. The molecule has 0 saturated heterocycles. The Morgan fingerprint density at radius 3 is 2.29 bits per heavy atom. The van der Waals surface area contributed by atoms with Crippen LogP contribution in [0.3, 0.4) is 0 Å². The Hall–Kier alpha value is -1.20. The SMILES string of the molecule is CC(C)ONC(=O)[C@@]1(C)CC[C@]2(C)CC[C@]3(C)C(=CC(=O)[C@@H]4[C@@]5(C)CC[C@H](N)C(C)(C)C5CC[C@]43C)[C@@H]2C1. The third kappa shape index (κ3) is 3.69. The van der Waals surface area contributed by atoms with Gasteiger partial charge >= 0.3 is 0 Å². The molecule has 0 aromatic carbocycles. The summed E-state index contributed by atoms with van der Waals surface area (Å²) in [6.45, 7) is 20.4. The summed E-state index contributed by atoms with van der Waals surface area (Å²) in [5, 5.41) is 0. The van der Waals surface area contributed by atoms with Gasteiger partial charge in [0, 0.05) is 17.4 Å². The molecule has 1 unspecified atom stereocenters. The van der Waals surface area contributed by atoms with Crippen molar-refractivity contribution in [3.63, 3.8) is 0 Å². The van der Waals surface area contributed by atoms with E-state index in [1.165, 1.54) is 12.0 Å². The number of nitrogens with one attached hydrogen (secondary N) is 1. The van der Waals surface area contributed by atoms with Gasteiger partial charge in [-0.2, -0.15) is 0 Å². The maximum absolute atomic E-state index is 14.4. The van der Waals surface area contributed by atoms with E-state index in [1.54, 1.807) is 0 Å². The molecule has 0 bridgehead atoms. The van der Waals surface area contributed by atoms with Gasteiger partial charge in [0.15, 0.2) is 5.78 Å². The van der Waals surface area contributed by atoms with Gasteiger partial charge in [-0.15, -0.1) is 0 Å². The summed E-state index contributed by atoms with van der Waals surface area (Å²) in [7, 11) is 0. The number of fused-ring (bicyclic) bond motifs is 7. The highest BCUT2D eigenvalue weighted by Gasteiger charge is 2.70. The van der Waals surface area contributed by atoms with E-state index in [9.17, 15) is 9.59 Å². The zero-order chi connectivity index (χ0) is 28.1. The Kier molecular flexibility index (Phi) is 6.45. The summed E-state index contributed by atoms with van der Waals surface area (Å²) in [6, 6.07) is 0.200. The zero-order valence-corrected chi connectivity index (χ0v) is 25.6. The van der Waals surface area contributed by atoms with E-state index < -0.39 is 5.41 Å². The van der Waals surface area contributed by atoms with Crippen LogP contribution in [-0.2, 0) is 14.4 Å². The molecule has 0 aromatic rings. The second-order valence-electron chi connectivity index (χ2n) is 16.3. The monoisotopic (exact) mass is 526 g/mol. The van der Waals surface area contributed by atoms with Crippen LogP contribution in [0.5, 0.6) is 0 Å². The van der Waals surface area contributed by atoms with Gasteiger partial charge in [0.2, 0.25) is 5.91 Å². The van der Waals surface area contributed by atoms with E-state index in [4.69, 9.17) is 10.6 Å². The highest BCUT2D eigenvalue weighted by Crippen LogP contribution is 2.75. The first-order chi connectivity index (χ1) is 17.4. The molecule has 0 heterocycles. The van der Waals surface area contributed by atoms with Crippen molar-refractivity contribution in [2.24, 2.45) is 56.0 Å². The molecule has 5 rings (SSSR count). The van der Waals surface area contributed by atoms with Crippen molar-refractivity contribution in [1.29, 1.82) is 0 Å². The predicted molar refractivity (Wildman–Crippen MR) is 152 cm³/mol. The molecule has 1 amide bonds. The first kappa shape index (κ1) is 28.3. The second-order valence-corrected chi connectivity index (χ2v) is 16.3. The van der Waals surface area contributed by atoms with Crippen molar-refractivity contribution in [3.8, 4) is 0 Å². The molecule has 214 valence electrons. The highest BCUT2D eigenvalue weighted by atomic mass is 16.7. The molecular formula is C33H54N2O3. The van der Waals surface area contributed by atoms with Gasteiger partial charge < -0.3 is 5.73 Å². The lowest BCUT2D eigenvalue weighted by atomic mass is 9.33. The van der Waals surface area contributed by atoms with E-state index >= 15 is 0 Å². The van der Waals surface area contributed by atoms with Gasteiger partial charge in [-0.05, 0) is 117 Å². The fourth-order valence-electron chi connectivity index (χ4n) is 10.7. The van der Waals surface area contributed by atoms with Crippen LogP contribution < -0.4 is 11.2 Å². The van der Waals surface area contributed by atoms with Crippen LogP contribution in [0.25, 0.3) is 0 Å². The molecule has 0 radical (unpaired) electrons. The topological polar surface area (TPSA) is 81.4 Å². The van der Waals surface area contributed by atoms with E-state index in [-0.39, 0.29) is 57.0 Å². The molecule has 5 aliphatic carbocycles. The standard InChI is InChI=1S/C33H54N2O3/c1-20(2)38-35-27(37)30(6)15-14-29(5)16-17-32(8)21(22(29)19-30)18-23(36)26-31(7)12-11-25(34)28(3,4)24(31)10-13-33(26,32)9/h18,20,22,24-26H,10-17,19,34H2,1-9H3,(H,35,37)/t22-,24?,25-,26+,29+,30-,31-,32+,33+/m0/s1. The number of ketones is 1. The number of amides is 1. The van der Waals surface area contributed by atoms with Crippen molar-refractivity contribution in [3.05, 3.63) is 11.6 Å². The second kappa shape index (κ2) is 8.65. The highest BCUT2D eigenvalue weighted by molar-refractivity contribution is 5.95. The Morgan fingerprint density at radius 2 is 1.63 bits per heavy atom. The van der Waals surface area contributed by atoms with E-state index in [0.717, 1.165) is 51.4 Å². The van der Waals surface area contributed by atoms with Crippen LogP contribution in [0, 0.1) is 50.2 Å². The molecular weight excluding hydrogens is 472 g/mol. The van der Waals surface area contributed by atoms with Gasteiger partial charge in [0.05, 0.1) is 6.10 Å². The quantitative estimate of drug-likeness (QED) is 0.399. The number of rotatable bonds is 3. The molecule has 0 aromatic heterocycles. The maximum atomic E-state index is 14.4. The van der Waals surface area contributed by atoms with E-state index in [2.05, 4.69) is 60.0 Å². The van der Waals surface area contributed by atoms with Gasteiger partial charge in [-0.1, -0.05) is 54.0 Å². The average Bonchev–Trinajstić information content (AvgIpc) is 2.82. The lowest BCUT2D eigenvalue weighted by Gasteiger charge is -2.70. The molecule has 38 heavy (non-hydrogen) atoms. The zero-order valence-electron chi connectivity index (χ0n) is 25.6. The maximum Gasteiger partial charge on any atom is 0.249 e. The lowest BCUT2D eigenvalue weighted by Crippen LogP contribution is -2.67. The Bertz CT molecular complexity index is 1050. The first-order valence-corrected chi connectivity index (χ1v) is 15.4. The number of hydrogen-bond donors (Lipinski definition) is 2. The smallest absolute Gasteiger partial charge is 0.249 e. The van der Waals surface area contributed by atoms with Crippen molar-refractivity contribution in [2.75, 3.05) is 0 Å². The molecule has 5 aliphatic rings. The minimum Gasteiger partial charge on any atom is -0.327 e. The van der Waals surface area contributed by atoms with Gasteiger partial charge in [-0.25, -0.2) is 5.48 Å². The largest absolute Gasteiger partial charge is 0.327 e. The predicted octanol–water partition coefficient (Wildman–Crippen LogP) is 6.75. The van der Waals surface area contributed by atoms with Gasteiger partial charge in [-0.3, -0.25) is 14.4 Å². The van der Waals surface area contributed by atoms with Crippen molar-refractivity contribution < 1.29 is 14.4 Å². The third-order valence-corrected chi connectivity index (χ3v) is 13.6. The van der Waals surface area contributed by atoms with Crippen LogP contribution in [0.4, 0.5) is 0 Å². The lowest BCUT2D eigenvalue weighted by molar-refractivity contribution is -0.187. The van der Waals surface area contributed by atoms with Gasteiger partial charge in [0.1, 0.15) is 0 Å². The molecule has 4 saturated carbocycles. The summed E-state index contributed by atoms with van der Waals surface area (Å²) in [5.74, 6) is 1.09. The molecule has 3 N–H and O–H groups in total. The van der Waals surface area contributed by atoms with Crippen LogP contribution in [0.2, 0.25) is 0 Å². The summed E-state index contributed by atoms with van der Waals surface area (Å²) >= 11 is 0. The summed E-state index contributed by atoms with van der Waals surface area (Å²) in [6.07, 6.45) is 11.3. The number of nitrogens with two attached hydrogens (primary N) is 1. The molecule has 0 spiro atoms. The fourth-order valence-corrected chi connectivity index (χ4v) is 10.7. The summed E-state index contributed by atoms with van der Waals surface area (Å²) < 4.78 is 0. The minimum absolute atomic E-state index is 0.0128. The number of hydroxylamine groups is 1. The number of carbonyl (C=O) groups is 2. The average molecular weight is 527 g/mol. The summed E-state index contributed by atoms with van der Waals surface area (Å²) in [5.41, 5.74) is 10.3. The van der Waals surface area contributed by atoms with Crippen LogP contribution in [-0.4, -0.2) is 23.8 Å². The summed E-state index contributed by atoms with van der Waals surface area (Å²) in [4.78, 5) is 33.3. The first-order valence-electron chi connectivity index (χ1n) is 15.4. The van der Waals surface area contributed by atoms with E-state index in [1.807, 2.05) is 13.8 Å². The third-order valence-electron chi connectivity index (χ3n) is 13.6. The minimum atomic E-state index is -0.494. The van der Waals surface area contributed by atoms with Crippen molar-refractivity contribution in [1.82, 2.24) is 5.48 Å². The van der Waals surface area contributed by atoms with Crippen LogP contribution in [0.15, 0.2) is 11.6 Å².